The SMILES string of the molecule is COCCn1cc(NC2C3CCOC3C2(C)C)ccc1=O. The third kappa shape index (κ3) is 2.49. The van der Waals surface area contributed by atoms with Gasteiger partial charge in [-0.1, -0.05) is 13.8 Å². The monoisotopic (exact) mass is 292 g/mol. The highest BCUT2D eigenvalue weighted by Crippen LogP contribution is 2.53. The molecule has 2 fully saturated rings. The normalized spacial score (nSPS) is 29.8. The van der Waals surface area contributed by atoms with E-state index in [1.165, 1.54) is 0 Å². The highest BCUT2D eigenvalue weighted by molar-refractivity contribution is 5.44. The topological polar surface area (TPSA) is 52.5 Å². The van der Waals surface area contributed by atoms with Gasteiger partial charge in [-0.15, -0.1) is 0 Å². The molecule has 2 aliphatic rings. The fourth-order valence-electron chi connectivity index (χ4n) is 3.78. The summed E-state index contributed by atoms with van der Waals surface area (Å²) in [5.74, 6) is 0.583. The molecule has 1 saturated heterocycles. The van der Waals surface area contributed by atoms with Crippen LogP contribution in [0, 0.1) is 11.3 Å². The molecule has 116 valence electrons. The van der Waals surface area contributed by atoms with E-state index in [1.807, 2.05) is 12.3 Å². The van der Waals surface area contributed by atoms with Gasteiger partial charge < -0.3 is 19.4 Å². The third-order valence-electron chi connectivity index (χ3n) is 4.94. The van der Waals surface area contributed by atoms with Gasteiger partial charge in [-0.3, -0.25) is 4.79 Å². The molecular formula is C16H24N2O3. The van der Waals surface area contributed by atoms with Gasteiger partial charge in [-0.05, 0) is 12.5 Å². The predicted octanol–water partition coefficient (Wildman–Crippen LogP) is 1.72. The van der Waals surface area contributed by atoms with Crippen molar-refractivity contribution in [3.8, 4) is 0 Å². The van der Waals surface area contributed by atoms with Crippen LogP contribution in [0.5, 0.6) is 0 Å². The lowest BCUT2D eigenvalue weighted by Crippen LogP contribution is -2.63. The number of nitrogens with one attached hydrogen (secondary N) is 1. The van der Waals surface area contributed by atoms with Gasteiger partial charge in [0.25, 0.3) is 5.56 Å². The van der Waals surface area contributed by atoms with Crippen molar-refractivity contribution in [1.82, 2.24) is 4.57 Å². The van der Waals surface area contributed by atoms with Gasteiger partial charge >= 0.3 is 0 Å². The lowest BCUT2D eigenvalue weighted by atomic mass is 9.57. The van der Waals surface area contributed by atoms with E-state index < -0.39 is 0 Å². The van der Waals surface area contributed by atoms with Crippen molar-refractivity contribution in [2.24, 2.45) is 11.3 Å². The molecule has 1 saturated carbocycles. The van der Waals surface area contributed by atoms with Crippen LogP contribution >= 0.6 is 0 Å². The Morgan fingerprint density at radius 1 is 1.48 bits per heavy atom. The Morgan fingerprint density at radius 3 is 3.05 bits per heavy atom. The molecule has 3 rings (SSSR count). The van der Waals surface area contributed by atoms with Gasteiger partial charge in [0.15, 0.2) is 0 Å². The average molecular weight is 292 g/mol. The summed E-state index contributed by atoms with van der Waals surface area (Å²) in [7, 11) is 1.64. The minimum Gasteiger partial charge on any atom is -0.383 e. The fourth-order valence-corrected chi connectivity index (χ4v) is 3.78. The molecular weight excluding hydrogens is 268 g/mol. The van der Waals surface area contributed by atoms with E-state index in [2.05, 4.69) is 19.2 Å². The molecule has 2 heterocycles. The second-order valence-electron chi connectivity index (χ2n) is 6.63. The molecule has 0 aromatic carbocycles. The summed E-state index contributed by atoms with van der Waals surface area (Å²) in [5.41, 5.74) is 1.14. The largest absolute Gasteiger partial charge is 0.383 e. The maximum absolute atomic E-state index is 11.8. The van der Waals surface area contributed by atoms with Crippen LogP contribution < -0.4 is 10.9 Å². The second kappa shape index (κ2) is 5.46. The lowest BCUT2D eigenvalue weighted by Gasteiger charge is -2.55. The number of anilines is 1. The molecule has 0 bridgehead atoms. The molecule has 1 N–H and O–H groups in total. The summed E-state index contributed by atoms with van der Waals surface area (Å²) in [4.78, 5) is 11.8. The first kappa shape index (κ1) is 14.6. The van der Waals surface area contributed by atoms with Crippen LogP contribution in [0.2, 0.25) is 0 Å². The predicted molar refractivity (Wildman–Crippen MR) is 81.6 cm³/mol. The zero-order valence-electron chi connectivity index (χ0n) is 13.0. The first-order valence-corrected chi connectivity index (χ1v) is 7.61. The Morgan fingerprint density at radius 2 is 2.29 bits per heavy atom. The first-order valence-electron chi connectivity index (χ1n) is 7.61. The number of pyridine rings is 1. The second-order valence-corrected chi connectivity index (χ2v) is 6.63. The average Bonchev–Trinajstić information content (AvgIpc) is 2.92. The van der Waals surface area contributed by atoms with Gasteiger partial charge in [0.1, 0.15) is 0 Å². The number of methoxy groups -OCH3 is 1. The molecule has 3 unspecified atom stereocenters. The van der Waals surface area contributed by atoms with Crippen molar-refractivity contribution < 1.29 is 9.47 Å². The number of ether oxygens (including phenoxy) is 2. The standard InChI is InChI=1S/C16H24N2O3/c1-16(2)14(12-6-8-21-15(12)16)17-11-4-5-13(19)18(10-11)7-9-20-3/h4-5,10,12,14-15,17H,6-9H2,1-3H3. The summed E-state index contributed by atoms with van der Waals surface area (Å²) >= 11 is 0. The van der Waals surface area contributed by atoms with Crippen LogP contribution in [0.1, 0.15) is 20.3 Å². The molecule has 1 aliphatic carbocycles. The summed E-state index contributed by atoms with van der Waals surface area (Å²) in [6.45, 7) is 6.48. The van der Waals surface area contributed by atoms with Crippen molar-refractivity contribution in [3.63, 3.8) is 0 Å². The molecule has 1 aromatic heterocycles. The van der Waals surface area contributed by atoms with E-state index >= 15 is 0 Å². The fraction of sp³-hybridized carbons (Fsp3) is 0.688. The summed E-state index contributed by atoms with van der Waals surface area (Å²) < 4.78 is 12.6. The van der Waals surface area contributed by atoms with E-state index in [0.717, 1.165) is 18.7 Å². The lowest BCUT2D eigenvalue weighted by molar-refractivity contribution is -0.0923. The minimum absolute atomic E-state index is 0.00699. The maximum Gasteiger partial charge on any atom is 0.250 e. The van der Waals surface area contributed by atoms with Gasteiger partial charge in [0, 0.05) is 49.9 Å². The Kier molecular flexibility index (Phi) is 3.80. The van der Waals surface area contributed by atoms with Crippen molar-refractivity contribution in [1.29, 1.82) is 0 Å². The zero-order chi connectivity index (χ0) is 15.0. The van der Waals surface area contributed by atoms with E-state index in [4.69, 9.17) is 9.47 Å². The van der Waals surface area contributed by atoms with Crippen molar-refractivity contribution in [2.75, 3.05) is 25.6 Å². The van der Waals surface area contributed by atoms with Gasteiger partial charge in [-0.25, -0.2) is 0 Å². The first-order chi connectivity index (χ1) is 10.0. The van der Waals surface area contributed by atoms with Crippen LogP contribution in [0.3, 0.4) is 0 Å². The Bertz CT molecular complexity index is 567. The summed E-state index contributed by atoms with van der Waals surface area (Å²) in [6.07, 6.45) is 3.38. The number of hydrogen-bond acceptors (Lipinski definition) is 4. The Balaban J connectivity index is 1.74. The Labute approximate surface area is 125 Å². The van der Waals surface area contributed by atoms with E-state index in [0.29, 0.717) is 31.2 Å². The van der Waals surface area contributed by atoms with Gasteiger partial charge in [0.2, 0.25) is 0 Å². The number of fused-ring (bicyclic) bond motifs is 1. The molecule has 3 atom stereocenters. The van der Waals surface area contributed by atoms with E-state index in [9.17, 15) is 4.79 Å². The van der Waals surface area contributed by atoms with Crippen LogP contribution in [0.4, 0.5) is 5.69 Å². The molecule has 0 spiro atoms. The highest BCUT2D eigenvalue weighted by Gasteiger charge is 2.59. The molecule has 0 radical (unpaired) electrons. The summed E-state index contributed by atoms with van der Waals surface area (Å²) in [6, 6.07) is 3.88. The number of nitrogens with zero attached hydrogens (tertiary/aromatic N) is 1. The summed E-state index contributed by atoms with van der Waals surface area (Å²) in [5, 5.41) is 3.60. The number of hydrogen-bond donors (Lipinski definition) is 1. The van der Waals surface area contributed by atoms with Gasteiger partial charge in [0.05, 0.1) is 18.4 Å². The minimum atomic E-state index is 0.00699. The maximum atomic E-state index is 11.8. The molecule has 0 amide bonds. The van der Waals surface area contributed by atoms with Crippen molar-refractivity contribution >= 4 is 5.69 Å². The molecule has 21 heavy (non-hydrogen) atoms. The quantitative estimate of drug-likeness (QED) is 0.898. The van der Waals surface area contributed by atoms with Crippen LogP contribution in [0.25, 0.3) is 0 Å². The van der Waals surface area contributed by atoms with Gasteiger partial charge in [-0.2, -0.15) is 0 Å². The number of aromatic nitrogens is 1. The Hall–Kier alpha value is -1.33. The van der Waals surface area contributed by atoms with E-state index in [-0.39, 0.29) is 11.0 Å². The molecule has 1 aliphatic heterocycles. The van der Waals surface area contributed by atoms with Crippen molar-refractivity contribution in [3.05, 3.63) is 28.7 Å². The third-order valence-corrected chi connectivity index (χ3v) is 4.94. The van der Waals surface area contributed by atoms with Crippen LogP contribution in [0.15, 0.2) is 23.1 Å². The molecule has 1 aromatic rings. The number of rotatable bonds is 5. The van der Waals surface area contributed by atoms with Crippen LogP contribution in [-0.2, 0) is 16.0 Å². The van der Waals surface area contributed by atoms with Crippen molar-refractivity contribution in [2.45, 2.75) is 39.0 Å². The van der Waals surface area contributed by atoms with E-state index in [1.54, 1.807) is 17.7 Å². The molecule has 5 nitrogen and oxygen atoms in total. The van der Waals surface area contributed by atoms with Crippen LogP contribution in [-0.4, -0.2) is 37.0 Å². The highest BCUT2D eigenvalue weighted by atomic mass is 16.5. The zero-order valence-corrected chi connectivity index (χ0v) is 13.0. The smallest absolute Gasteiger partial charge is 0.250 e. The molecule has 5 heteroatoms.